The SMILES string of the molecule is CC(=O)OC1N=C(c2ccccc2Cl)c2cc([N+](=O)[O-])ccc2-n2c1nc(C)c2C. The smallest absolute Gasteiger partial charge is 0.304 e. The molecule has 8 nitrogen and oxygen atoms in total. The van der Waals surface area contributed by atoms with Gasteiger partial charge < -0.3 is 4.74 Å². The lowest BCUT2D eigenvalue weighted by Crippen LogP contribution is -2.12. The van der Waals surface area contributed by atoms with E-state index >= 15 is 0 Å². The molecule has 4 rings (SSSR count). The Labute approximate surface area is 176 Å². The van der Waals surface area contributed by atoms with Gasteiger partial charge in [-0.1, -0.05) is 29.8 Å². The fourth-order valence-corrected chi connectivity index (χ4v) is 3.70. The number of hydrogen-bond acceptors (Lipinski definition) is 6. The second-order valence-electron chi connectivity index (χ2n) is 6.85. The molecule has 3 aromatic rings. The Morgan fingerprint density at radius 1 is 1.20 bits per heavy atom. The van der Waals surface area contributed by atoms with Crippen molar-refractivity contribution >= 4 is 29.0 Å². The largest absolute Gasteiger partial charge is 0.432 e. The highest BCUT2D eigenvalue weighted by Gasteiger charge is 2.31. The summed E-state index contributed by atoms with van der Waals surface area (Å²) in [5, 5.41) is 11.9. The maximum absolute atomic E-state index is 11.8. The van der Waals surface area contributed by atoms with Crippen molar-refractivity contribution in [2.24, 2.45) is 4.99 Å². The molecule has 0 N–H and O–H groups in total. The topological polar surface area (TPSA) is 99.6 Å². The standard InChI is InChI=1S/C21H17ClN4O4/c1-11-12(2)25-18-9-8-14(26(28)29)10-16(18)19(15-6-4-5-7-17(15)22)24-21(20(25)23-11)30-13(3)27/h4-10,21H,1-3H3. The molecule has 1 aliphatic rings. The highest BCUT2D eigenvalue weighted by atomic mass is 35.5. The predicted octanol–water partition coefficient (Wildman–Crippen LogP) is 4.46. The number of nitro benzene ring substituents is 1. The minimum Gasteiger partial charge on any atom is -0.432 e. The number of benzene rings is 2. The molecule has 1 unspecified atom stereocenters. The number of nitro groups is 1. The summed E-state index contributed by atoms with van der Waals surface area (Å²) in [6, 6.07) is 11.6. The second-order valence-corrected chi connectivity index (χ2v) is 7.26. The summed E-state index contributed by atoms with van der Waals surface area (Å²) in [5.74, 6) is -0.110. The third kappa shape index (κ3) is 3.25. The Kier molecular flexibility index (Phi) is 4.87. The molecule has 0 amide bonds. The van der Waals surface area contributed by atoms with E-state index < -0.39 is 17.1 Å². The van der Waals surface area contributed by atoms with Gasteiger partial charge in [-0.25, -0.2) is 9.98 Å². The lowest BCUT2D eigenvalue weighted by atomic mass is 9.99. The Bertz CT molecular complexity index is 1230. The number of imidazole rings is 1. The van der Waals surface area contributed by atoms with Crippen molar-refractivity contribution in [2.45, 2.75) is 27.0 Å². The van der Waals surface area contributed by atoms with Crippen molar-refractivity contribution in [3.05, 3.63) is 85.9 Å². The second kappa shape index (κ2) is 7.38. The van der Waals surface area contributed by atoms with Gasteiger partial charge in [-0.15, -0.1) is 0 Å². The van der Waals surface area contributed by atoms with E-state index in [1.165, 1.54) is 19.1 Å². The molecule has 0 spiro atoms. The van der Waals surface area contributed by atoms with Crippen LogP contribution in [0.15, 0.2) is 47.5 Å². The van der Waals surface area contributed by atoms with E-state index in [1.54, 1.807) is 30.3 Å². The molecule has 1 atom stereocenters. The van der Waals surface area contributed by atoms with Gasteiger partial charge in [0, 0.05) is 40.9 Å². The molecule has 2 heterocycles. The monoisotopic (exact) mass is 424 g/mol. The summed E-state index contributed by atoms with van der Waals surface area (Å²) in [6.07, 6.45) is -1.03. The highest BCUT2D eigenvalue weighted by molar-refractivity contribution is 6.35. The molecule has 0 bridgehead atoms. The molecular weight excluding hydrogens is 408 g/mol. The van der Waals surface area contributed by atoms with Gasteiger partial charge in [0.1, 0.15) is 0 Å². The van der Waals surface area contributed by atoms with Crippen LogP contribution in [-0.4, -0.2) is 26.2 Å². The first kappa shape index (κ1) is 19.8. The van der Waals surface area contributed by atoms with Crippen LogP contribution in [0.2, 0.25) is 5.02 Å². The summed E-state index contributed by atoms with van der Waals surface area (Å²) in [4.78, 5) is 32.0. The molecule has 2 aromatic carbocycles. The van der Waals surface area contributed by atoms with Gasteiger partial charge in [0.2, 0.25) is 0 Å². The van der Waals surface area contributed by atoms with Gasteiger partial charge in [0.15, 0.2) is 5.82 Å². The van der Waals surface area contributed by atoms with Crippen LogP contribution in [0.1, 0.15) is 41.5 Å². The number of hydrogen-bond donors (Lipinski definition) is 0. The van der Waals surface area contributed by atoms with Crippen molar-refractivity contribution in [1.29, 1.82) is 0 Å². The number of rotatable bonds is 3. The van der Waals surface area contributed by atoms with Gasteiger partial charge in [0.25, 0.3) is 11.9 Å². The van der Waals surface area contributed by atoms with Crippen LogP contribution in [-0.2, 0) is 9.53 Å². The van der Waals surface area contributed by atoms with Crippen LogP contribution >= 0.6 is 11.6 Å². The molecule has 0 saturated carbocycles. The Morgan fingerprint density at radius 2 is 1.93 bits per heavy atom. The number of halogens is 1. The van der Waals surface area contributed by atoms with Crippen LogP contribution in [0.25, 0.3) is 5.69 Å². The lowest BCUT2D eigenvalue weighted by Gasteiger charge is -2.14. The zero-order valence-corrected chi connectivity index (χ0v) is 17.2. The average molecular weight is 425 g/mol. The minimum absolute atomic E-state index is 0.0875. The lowest BCUT2D eigenvalue weighted by molar-refractivity contribution is -0.384. The van der Waals surface area contributed by atoms with E-state index in [2.05, 4.69) is 9.98 Å². The number of carbonyl (C=O) groups is 1. The summed E-state index contributed by atoms with van der Waals surface area (Å²) >= 11 is 6.43. The van der Waals surface area contributed by atoms with E-state index in [0.29, 0.717) is 33.4 Å². The Hall–Kier alpha value is -3.52. The van der Waals surface area contributed by atoms with Crippen LogP contribution in [0.5, 0.6) is 0 Å². The Balaban J connectivity index is 2.10. The molecule has 0 radical (unpaired) electrons. The first-order valence-corrected chi connectivity index (χ1v) is 9.50. The highest BCUT2D eigenvalue weighted by Crippen LogP contribution is 2.36. The first-order chi connectivity index (χ1) is 14.3. The summed E-state index contributed by atoms with van der Waals surface area (Å²) < 4.78 is 7.29. The maximum atomic E-state index is 11.8. The number of esters is 1. The maximum Gasteiger partial charge on any atom is 0.304 e. The van der Waals surface area contributed by atoms with Gasteiger partial charge in [-0.3, -0.25) is 19.5 Å². The average Bonchev–Trinajstić information content (AvgIpc) is 2.92. The molecular formula is C21H17ClN4O4. The van der Waals surface area contributed by atoms with Gasteiger partial charge in [-0.05, 0) is 26.0 Å². The molecule has 152 valence electrons. The van der Waals surface area contributed by atoms with Crippen molar-refractivity contribution in [3.8, 4) is 5.69 Å². The van der Waals surface area contributed by atoms with E-state index in [0.717, 1.165) is 11.4 Å². The van der Waals surface area contributed by atoms with Crippen molar-refractivity contribution < 1.29 is 14.5 Å². The third-order valence-corrected chi connectivity index (χ3v) is 5.26. The minimum atomic E-state index is -1.03. The number of ether oxygens (including phenoxy) is 1. The zero-order chi connectivity index (χ0) is 21.6. The fraction of sp³-hybridized carbons (Fsp3) is 0.190. The number of aryl methyl sites for hydroxylation is 1. The fourth-order valence-electron chi connectivity index (χ4n) is 3.48. The van der Waals surface area contributed by atoms with E-state index in [4.69, 9.17) is 16.3 Å². The number of aliphatic imine (C=N–C) groups is 1. The molecule has 1 aliphatic heterocycles. The summed E-state index contributed by atoms with van der Waals surface area (Å²) in [6.45, 7) is 5.01. The normalized spacial score (nSPS) is 14.9. The van der Waals surface area contributed by atoms with Gasteiger partial charge >= 0.3 is 5.97 Å². The number of non-ortho nitro benzene ring substituents is 1. The molecule has 9 heteroatoms. The predicted molar refractivity (Wildman–Crippen MR) is 111 cm³/mol. The molecule has 30 heavy (non-hydrogen) atoms. The van der Waals surface area contributed by atoms with E-state index in [1.807, 2.05) is 18.4 Å². The van der Waals surface area contributed by atoms with Crippen LogP contribution in [0.4, 0.5) is 5.69 Å². The van der Waals surface area contributed by atoms with Crippen LogP contribution in [0, 0.1) is 24.0 Å². The first-order valence-electron chi connectivity index (χ1n) is 9.13. The summed E-state index contributed by atoms with van der Waals surface area (Å²) in [5.41, 5.74) is 3.55. The molecule has 0 fully saturated rings. The van der Waals surface area contributed by atoms with Crippen molar-refractivity contribution in [3.63, 3.8) is 0 Å². The number of nitrogens with zero attached hydrogens (tertiary/aromatic N) is 4. The van der Waals surface area contributed by atoms with Crippen LogP contribution in [0.3, 0.4) is 0 Å². The Morgan fingerprint density at radius 3 is 2.60 bits per heavy atom. The van der Waals surface area contributed by atoms with Gasteiger partial charge in [0.05, 0.1) is 22.0 Å². The molecule has 1 aromatic heterocycles. The van der Waals surface area contributed by atoms with E-state index in [9.17, 15) is 14.9 Å². The van der Waals surface area contributed by atoms with Gasteiger partial charge in [-0.2, -0.15) is 0 Å². The molecule has 0 aliphatic carbocycles. The summed E-state index contributed by atoms with van der Waals surface area (Å²) in [7, 11) is 0. The number of carbonyl (C=O) groups excluding carboxylic acids is 1. The quantitative estimate of drug-likeness (QED) is 0.351. The van der Waals surface area contributed by atoms with Crippen molar-refractivity contribution in [1.82, 2.24) is 9.55 Å². The van der Waals surface area contributed by atoms with E-state index in [-0.39, 0.29) is 5.69 Å². The van der Waals surface area contributed by atoms with Crippen LogP contribution < -0.4 is 0 Å². The number of fused-ring (bicyclic) bond motifs is 3. The molecule has 0 saturated heterocycles. The third-order valence-electron chi connectivity index (χ3n) is 4.93. The zero-order valence-electron chi connectivity index (χ0n) is 16.4. The number of aromatic nitrogens is 2. The van der Waals surface area contributed by atoms with Crippen molar-refractivity contribution in [2.75, 3.05) is 0 Å².